The van der Waals surface area contributed by atoms with Crippen LogP contribution in [0.4, 0.5) is 0 Å². The molecule has 0 saturated carbocycles. The van der Waals surface area contributed by atoms with Gasteiger partial charge in [0.25, 0.3) is 0 Å². The Hall–Kier alpha value is 0.599. The molecule has 0 saturated heterocycles. The van der Waals surface area contributed by atoms with Crippen LogP contribution in [0.25, 0.3) is 0 Å². The number of hydrogen-bond donors (Lipinski definition) is 1. The van der Waals surface area contributed by atoms with Gasteiger partial charge in [0.1, 0.15) is 0 Å². The molecule has 0 aromatic rings. The SMILES string of the molecule is O=C([O-])CC(O)C(=O)[O-].[Ca+2].[Fe+2].[OH-].[OH-]. The van der Waals surface area contributed by atoms with E-state index in [1.54, 1.807) is 0 Å². The molecule has 7 nitrogen and oxygen atoms in total. The van der Waals surface area contributed by atoms with Gasteiger partial charge in [-0.05, 0) is 0 Å². The fourth-order valence-corrected chi connectivity index (χ4v) is 0.241. The Balaban J connectivity index is -0.0000000533. The summed E-state index contributed by atoms with van der Waals surface area (Å²) < 4.78 is 0. The van der Waals surface area contributed by atoms with E-state index < -0.39 is 24.5 Å². The molecule has 0 heterocycles. The fourth-order valence-electron chi connectivity index (χ4n) is 0.241. The summed E-state index contributed by atoms with van der Waals surface area (Å²) >= 11 is 0. The molecule has 0 aromatic heterocycles. The molecule has 13 heavy (non-hydrogen) atoms. The third-order valence-corrected chi connectivity index (χ3v) is 0.632. The average molecular weight is 262 g/mol. The van der Waals surface area contributed by atoms with Gasteiger partial charge in [0.2, 0.25) is 0 Å². The maximum absolute atomic E-state index is 9.58. The number of aliphatic hydroxyl groups is 1. The Morgan fingerprint density at radius 1 is 1.23 bits per heavy atom. The zero-order valence-corrected chi connectivity index (χ0v) is 9.63. The summed E-state index contributed by atoms with van der Waals surface area (Å²) in [7, 11) is 0. The van der Waals surface area contributed by atoms with Gasteiger partial charge in [0.15, 0.2) is 0 Å². The summed E-state index contributed by atoms with van der Waals surface area (Å²) in [5.41, 5.74) is 0. The first kappa shape index (κ1) is 29.2. The van der Waals surface area contributed by atoms with Gasteiger partial charge >= 0.3 is 54.8 Å². The maximum atomic E-state index is 9.58. The van der Waals surface area contributed by atoms with Gasteiger partial charge in [0.05, 0.1) is 12.1 Å². The molecule has 74 valence electrons. The summed E-state index contributed by atoms with van der Waals surface area (Å²) in [6.07, 6.45) is -2.89. The van der Waals surface area contributed by atoms with Crippen molar-refractivity contribution >= 4 is 49.7 Å². The second-order valence-corrected chi connectivity index (χ2v) is 1.41. The monoisotopic (exact) mass is 262 g/mol. The predicted octanol–water partition coefficient (Wildman–Crippen LogP) is -4.50. The molecule has 0 aliphatic rings. The maximum Gasteiger partial charge on any atom is 2.00 e. The first-order valence-corrected chi connectivity index (χ1v) is 2.13. The molecule has 9 heteroatoms. The number of carbonyl (C=O) groups excluding carboxylic acids is 2. The smallest absolute Gasteiger partial charge is 0.870 e. The van der Waals surface area contributed by atoms with E-state index in [9.17, 15) is 19.8 Å². The Morgan fingerprint density at radius 3 is 1.62 bits per heavy atom. The number of aliphatic hydroxyl groups excluding tert-OH is 1. The van der Waals surface area contributed by atoms with Crippen LogP contribution in [-0.4, -0.2) is 71.8 Å². The molecular weight excluding hydrogens is 256 g/mol. The molecule has 0 bridgehead atoms. The molecule has 3 N–H and O–H groups in total. The quantitative estimate of drug-likeness (QED) is 0.501. The van der Waals surface area contributed by atoms with E-state index in [2.05, 4.69) is 0 Å². The largest absolute Gasteiger partial charge is 2.00 e. The van der Waals surface area contributed by atoms with Crippen LogP contribution < -0.4 is 10.2 Å². The fraction of sp³-hybridized carbons (Fsp3) is 0.500. The number of aliphatic carboxylic acids is 2. The molecule has 0 aromatic carbocycles. The van der Waals surface area contributed by atoms with Gasteiger partial charge in [0, 0.05) is 12.4 Å². The van der Waals surface area contributed by atoms with Crippen molar-refractivity contribution in [3.05, 3.63) is 0 Å². The predicted molar refractivity (Wildman–Crippen MR) is 30.3 cm³/mol. The van der Waals surface area contributed by atoms with E-state index in [1.807, 2.05) is 0 Å². The van der Waals surface area contributed by atoms with E-state index in [1.165, 1.54) is 0 Å². The third kappa shape index (κ3) is 19.1. The van der Waals surface area contributed by atoms with Gasteiger partial charge in [-0.3, -0.25) is 0 Å². The van der Waals surface area contributed by atoms with Gasteiger partial charge in [-0.15, -0.1) is 0 Å². The second-order valence-electron chi connectivity index (χ2n) is 1.41. The van der Waals surface area contributed by atoms with Crippen LogP contribution in [0.2, 0.25) is 0 Å². The van der Waals surface area contributed by atoms with Gasteiger partial charge in [-0.2, -0.15) is 0 Å². The zero-order valence-electron chi connectivity index (χ0n) is 6.32. The number of carboxylic acids is 2. The van der Waals surface area contributed by atoms with Gasteiger partial charge in [-0.25, -0.2) is 0 Å². The van der Waals surface area contributed by atoms with E-state index in [0.29, 0.717) is 0 Å². The van der Waals surface area contributed by atoms with Crippen molar-refractivity contribution in [1.29, 1.82) is 0 Å². The van der Waals surface area contributed by atoms with Crippen molar-refractivity contribution in [3.8, 4) is 0 Å². The van der Waals surface area contributed by atoms with Gasteiger partial charge < -0.3 is 35.9 Å². The molecule has 0 aliphatic heterocycles. The van der Waals surface area contributed by atoms with Crippen molar-refractivity contribution in [1.82, 2.24) is 0 Å². The molecule has 1 unspecified atom stereocenters. The summed E-state index contributed by atoms with van der Waals surface area (Å²) in [5.74, 6) is -3.43. The summed E-state index contributed by atoms with van der Waals surface area (Å²) in [6, 6.07) is 0. The molecule has 0 fully saturated rings. The topological polar surface area (TPSA) is 160 Å². The van der Waals surface area contributed by atoms with Gasteiger partial charge in [-0.1, -0.05) is 0 Å². The first-order chi connectivity index (χ1) is 4.04. The van der Waals surface area contributed by atoms with Crippen LogP contribution in [0.15, 0.2) is 0 Å². The second kappa shape index (κ2) is 15.1. The molecule has 0 amide bonds. The van der Waals surface area contributed by atoms with Crippen molar-refractivity contribution < 1.29 is 52.9 Å². The van der Waals surface area contributed by atoms with Crippen LogP contribution >= 0.6 is 0 Å². The molecule has 1 atom stereocenters. The van der Waals surface area contributed by atoms with E-state index >= 15 is 0 Å². The van der Waals surface area contributed by atoms with Crippen molar-refractivity contribution in [3.63, 3.8) is 0 Å². The molecular formula is C4H6CaFeO7. The summed E-state index contributed by atoms with van der Waals surface area (Å²) in [4.78, 5) is 19.1. The zero-order chi connectivity index (χ0) is 7.44. The minimum atomic E-state index is -1.96. The minimum absolute atomic E-state index is 0. The van der Waals surface area contributed by atoms with Crippen molar-refractivity contribution in [2.45, 2.75) is 12.5 Å². The number of carbonyl (C=O) groups is 2. The van der Waals surface area contributed by atoms with Crippen LogP contribution in [0.3, 0.4) is 0 Å². The van der Waals surface area contributed by atoms with E-state index in [0.717, 1.165) is 0 Å². The molecule has 0 radical (unpaired) electrons. The Labute approximate surface area is 114 Å². The van der Waals surface area contributed by atoms with Crippen molar-refractivity contribution in [2.75, 3.05) is 0 Å². The van der Waals surface area contributed by atoms with Crippen molar-refractivity contribution in [2.24, 2.45) is 0 Å². The summed E-state index contributed by atoms with van der Waals surface area (Å²) in [6.45, 7) is 0. The summed E-state index contributed by atoms with van der Waals surface area (Å²) in [5, 5.41) is 27.3. The van der Waals surface area contributed by atoms with E-state index in [-0.39, 0.29) is 65.8 Å². The first-order valence-electron chi connectivity index (χ1n) is 2.13. The Kier molecular flexibility index (Phi) is 33.9. The molecule has 0 rings (SSSR count). The number of carboxylic acid groups (broad SMARTS) is 2. The average Bonchev–Trinajstić information content (AvgIpc) is 1.63. The standard InChI is InChI=1S/C4H6O5.Ca.Fe.2H2O/c5-2(4(8)9)1-3(6)7;;;;/h2,5H,1H2,(H,6,7)(H,8,9);;;2*1H2/q;2*+2;;/p-4. The number of rotatable bonds is 3. The third-order valence-electron chi connectivity index (χ3n) is 0.632. The van der Waals surface area contributed by atoms with Crippen LogP contribution in [0.1, 0.15) is 6.42 Å². The Bertz CT molecular complexity index is 140. The number of hydrogen-bond acceptors (Lipinski definition) is 7. The van der Waals surface area contributed by atoms with Crippen LogP contribution in [0, 0.1) is 0 Å². The van der Waals surface area contributed by atoms with Crippen LogP contribution in [-0.2, 0) is 26.7 Å². The molecule has 0 aliphatic carbocycles. The van der Waals surface area contributed by atoms with Crippen LogP contribution in [0.5, 0.6) is 0 Å². The Morgan fingerprint density at radius 2 is 1.54 bits per heavy atom. The van der Waals surface area contributed by atoms with E-state index in [4.69, 9.17) is 5.11 Å². The normalized spacial score (nSPS) is 8.69. The minimum Gasteiger partial charge on any atom is -0.870 e. The molecule has 0 spiro atoms.